The van der Waals surface area contributed by atoms with Crippen LogP contribution in [-0.2, 0) is 10.8 Å². The van der Waals surface area contributed by atoms with Gasteiger partial charge in [0.25, 0.3) is 0 Å². The van der Waals surface area contributed by atoms with E-state index in [0.29, 0.717) is 0 Å². The number of hydrogen-bond donors (Lipinski definition) is 0. The lowest BCUT2D eigenvalue weighted by Crippen LogP contribution is -2.25. The molecule has 0 radical (unpaired) electrons. The van der Waals surface area contributed by atoms with Gasteiger partial charge >= 0.3 is 0 Å². The predicted molar refractivity (Wildman–Crippen MR) is 225 cm³/mol. The van der Waals surface area contributed by atoms with Gasteiger partial charge in [0.15, 0.2) is 0 Å². The highest BCUT2D eigenvalue weighted by atomic mass is 15.1. The van der Waals surface area contributed by atoms with Crippen LogP contribution in [-0.4, -0.2) is 0 Å². The quantitative estimate of drug-likeness (QED) is 0.178. The van der Waals surface area contributed by atoms with E-state index in [1.165, 1.54) is 94.8 Å². The molecule has 1 heteroatoms. The molecular weight excluding hydrogens is 651 g/mol. The third kappa shape index (κ3) is 4.10. The second-order valence-electron chi connectivity index (χ2n) is 15.7. The fourth-order valence-electron chi connectivity index (χ4n) is 10.2. The molecule has 0 unspecified atom stereocenters. The first-order valence-electron chi connectivity index (χ1n) is 19.1. The van der Waals surface area contributed by atoms with Crippen LogP contribution in [0.1, 0.15) is 52.8 Å². The van der Waals surface area contributed by atoms with Crippen molar-refractivity contribution in [3.63, 3.8) is 0 Å². The monoisotopic (exact) mass is 689 g/mol. The molecule has 0 saturated carbocycles. The van der Waals surface area contributed by atoms with Gasteiger partial charge in [-0.2, -0.15) is 0 Å². The molecule has 0 bridgehead atoms. The van der Waals surface area contributed by atoms with Crippen LogP contribution in [0.15, 0.2) is 182 Å². The van der Waals surface area contributed by atoms with Crippen molar-refractivity contribution in [3.8, 4) is 44.5 Å². The third-order valence-corrected chi connectivity index (χ3v) is 12.6. The summed E-state index contributed by atoms with van der Waals surface area (Å²) in [7, 11) is 0. The smallest absolute Gasteiger partial charge is 0.0725 e. The molecule has 1 nitrogen and oxygen atoms in total. The van der Waals surface area contributed by atoms with Crippen LogP contribution in [0, 0.1) is 6.92 Å². The standard InChI is InChI=1S/C53H39N/c1-34-31-36(35-15-5-4-6-16-35)25-30-51(34)54(38-26-28-43-39-17-7-11-21-45(39)52(2,3)50(43)33-38)37-27-29-49-44(32-37)42-20-10-14-24-48(42)53(49)46-22-12-8-18-40(46)41-19-9-13-23-47(41)53/h4-33H,1-3H3. The zero-order valence-corrected chi connectivity index (χ0v) is 30.8. The highest BCUT2D eigenvalue weighted by molar-refractivity contribution is 5.97. The van der Waals surface area contributed by atoms with Crippen molar-refractivity contribution in [2.75, 3.05) is 4.90 Å². The largest absolute Gasteiger partial charge is 0.310 e. The Morgan fingerprint density at radius 2 is 0.833 bits per heavy atom. The van der Waals surface area contributed by atoms with E-state index in [-0.39, 0.29) is 10.8 Å². The van der Waals surface area contributed by atoms with Gasteiger partial charge in [-0.3, -0.25) is 0 Å². The summed E-state index contributed by atoms with van der Waals surface area (Å²) in [5.74, 6) is 0. The third-order valence-electron chi connectivity index (χ3n) is 12.6. The fourth-order valence-corrected chi connectivity index (χ4v) is 10.2. The predicted octanol–water partition coefficient (Wildman–Crippen LogP) is 13.8. The van der Waals surface area contributed by atoms with Crippen molar-refractivity contribution < 1.29 is 0 Å². The SMILES string of the molecule is Cc1cc(-c2ccccc2)ccc1N(c1ccc2c(c1)-c1ccccc1C21c2ccccc2-c2ccccc21)c1ccc2c(c1)C(C)(C)c1ccccc1-2. The van der Waals surface area contributed by atoms with Gasteiger partial charge in [-0.15, -0.1) is 0 Å². The second-order valence-corrected chi connectivity index (χ2v) is 15.7. The number of rotatable bonds is 4. The Morgan fingerprint density at radius 1 is 0.352 bits per heavy atom. The van der Waals surface area contributed by atoms with E-state index in [0.717, 1.165) is 5.69 Å². The molecule has 0 heterocycles. The molecule has 256 valence electrons. The molecule has 3 aliphatic rings. The topological polar surface area (TPSA) is 3.24 Å². The number of hydrogen-bond acceptors (Lipinski definition) is 1. The van der Waals surface area contributed by atoms with Gasteiger partial charge in [0, 0.05) is 22.5 Å². The van der Waals surface area contributed by atoms with Crippen LogP contribution in [0.5, 0.6) is 0 Å². The van der Waals surface area contributed by atoms with Gasteiger partial charge in [0.1, 0.15) is 0 Å². The molecule has 3 aliphatic carbocycles. The minimum Gasteiger partial charge on any atom is -0.310 e. The van der Waals surface area contributed by atoms with Crippen LogP contribution in [0.25, 0.3) is 44.5 Å². The lowest BCUT2D eigenvalue weighted by Gasteiger charge is -2.32. The Kier molecular flexibility index (Phi) is 6.50. The number of fused-ring (bicyclic) bond motifs is 13. The molecule has 0 saturated heterocycles. The van der Waals surface area contributed by atoms with E-state index in [9.17, 15) is 0 Å². The van der Waals surface area contributed by atoms with E-state index in [4.69, 9.17) is 0 Å². The Balaban J connectivity index is 1.14. The van der Waals surface area contributed by atoms with Crippen LogP contribution in [0.2, 0.25) is 0 Å². The van der Waals surface area contributed by atoms with Gasteiger partial charge in [0.05, 0.1) is 5.41 Å². The molecule has 0 amide bonds. The Hall–Kier alpha value is -6.44. The zero-order chi connectivity index (χ0) is 36.2. The maximum absolute atomic E-state index is 2.49. The highest BCUT2D eigenvalue weighted by Crippen LogP contribution is 2.63. The maximum Gasteiger partial charge on any atom is 0.0725 e. The first-order chi connectivity index (χ1) is 26.5. The van der Waals surface area contributed by atoms with Gasteiger partial charge in [-0.25, -0.2) is 0 Å². The molecule has 0 N–H and O–H groups in total. The lowest BCUT2D eigenvalue weighted by molar-refractivity contribution is 0.660. The van der Waals surface area contributed by atoms with Crippen LogP contribution in [0.4, 0.5) is 17.1 Å². The maximum atomic E-state index is 2.49. The number of benzene rings is 8. The average molecular weight is 690 g/mol. The molecule has 0 atom stereocenters. The van der Waals surface area contributed by atoms with Crippen LogP contribution in [0.3, 0.4) is 0 Å². The van der Waals surface area contributed by atoms with Crippen molar-refractivity contribution >= 4 is 17.1 Å². The summed E-state index contributed by atoms with van der Waals surface area (Å²) in [6.45, 7) is 7.00. The number of aryl methyl sites for hydroxylation is 1. The van der Waals surface area contributed by atoms with Crippen LogP contribution >= 0.6 is 0 Å². The molecule has 0 aliphatic heterocycles. The molecule has 11 rings (SSSR count). The van der Waals surface area contributed by atoms with Gasteiger partial charge in [-0.1, -0.05) is 159 Å². The Bertz CT molecular complexity index is 2780. The summed E-state index contributed by atoms with van der Waals surface area (Å²) >= 11 is 0. The molecule has 0 fully saturated rings. The van der Waals surface area contributed by atoms with E-state index in [2.05, 4.69) is 208 Å². The number of anilines is 3. The summed E-state index contributed by atoms with van der Waals surface area (Å²) in [6.07, 6.45) is 0. The number of nitrogens with zero attached hydrogens (tertiary/aromatic N) is 1. The molecule has 0 aromatic heterocycles. The first kappa shape index (κ1) is 31.1. The van der Waals surface area contributed by atoms with Crippen molar-refractivity contribution in [2.45, 2.75) is 31.6 Å². The molecule has 1 spiro atoms. The summed E-state index contributed by atoms with van der Waals surface area (Å²) in [6, 6.07) is 68.1. The minimum atomic E-state index is -0.362. The fraction of sp³-hybridized carbons (Fsp3) is 0.0943. The average Bonchev–Trinajstić information content (AvgIpc) is 3.77. The van der Waals surface area contributed by atoms with Gasteiger partial charge in [0.2, 0.25) is 0 Å². The molecule has 8 aromatic carbocycles. The second kappa shape index (κ2) is 11.3. The summed E-state index contributed by atoms with van der Waals surface area (Å²) in [4.78, 5) is 2.49. The Morgan fingerprint density at radius 3 is 1.46 bits per heavy atom. The normalized spacial score (nSPS) is 14.5. The van der Waals surface area contributed by atoms with E-state index in [1.54, 1.807) is 0 Å². The lowest BCUT2D eigenvalue weighted by atomic mass is 9.70. The molecular formula is C53H39N. The molecule has 54 heavy (non-hydrogen) atoms. The summed E-state index contributed by atoms with van der Waals surface area (Å²) in [5.41, 5.74) is 22.9. The van der Waals surface area contributed by atoms with Crippen LogP contribution < -0.4 is 4.90 Å². The molecule has 8 aromatic rings. The van der Waals surface area contributed by atoms with E-state index >= 15 is 0 Å². The van der Waals surface area contributed by atoms with E-state index < -0.39 is 0 Å². The van der Waals surface area contributed by atoms with Crippen molar-refractivity contribution in [1.82, 2.24) is 0 Å². The van der Waals surface area contributed by atoms with Crippen molar-refractivity contribution in [3.05, 3.63) is 221 Å². The van der Waals surface area contributed by atoms with Crippen molar-refractivity contribution in [2.24, 2.45) is 0 Å². The van der Waals surface area contributed by atoms with Gasteiger partial charge in [-0.05, 0) is 127 Å². The van der Waals surface area contributed by atoms with E-state index in [1.807, 2.05) is 0 Å². The Labute approximate surface area is 317 Å². The summed E-state index contributed by atoms with van der Waals surface area (Å²) < 4.78 is 0. The highest BCUT2D eigenvalue weighted by Gasteiger charge is 2.51. The minimum absolute atomic E-state index is 0.105. The zero-order valence-electron chi connectivity index (χ0n) is 30.8. The van der Waals surface area contributed by atoms with Crippen molar-refractivity contribution in [1.29, 1.82) is 0 Å². The van der Waals surface area contributed by atoms with Gasteiger partial charge < -0.3 is 4.90 Å². The first-order valence-corrected chi connectivity index (χ1v) is 19.1. The summed E-state index contributed by atoms with van der Waals surface area (Å²) in [5, 5.41) is 0.